The van der Waals surface area contributed by atoms with Crippen LogP contribution in [0.2, 0.25) is 0 Å². The van der Waals surface area contributed by atoms with Crippen molar-refractivity contribution in [1.82, 2.24) is 25.3 Å². The smallest absolute Gasteiger partial charge is 0.475 e. The molecule has 2 aromatic rings. The molecule has 1 saturated heterocycles. The first-order valence-electron chi connectivity index (χ1n) is 11.1. The van der Waals surface area contributed by atoms with Crippen molar-refractivity contribution in [2.24, 2.45) is 5.92 Å². The number of halogens is 6. The lowest BCUT2D eigenvalue weighted by molar-refractivity contribution is -0.193. The minimum Gasteiger partial charge on any atom is -0.475 e. The van der Waals surface area contributed by atoms with Crippen LogP contribution in [0.15, 0.2) is 24.5 Å². The van der Waals surface area contributed by atoms with Crippen molar-refractivity contribution in [3.05, 3.63) is 30.2 Å². The normalized spacial score (nSPS) is 18.1. The Morgan fingerprint density at radius 3 is 2.18 bits per heavy atom. The number of alkyl halides is 6. The van der Waals surface area contributed by atoms with Crippen LogP contribution in [-0.2, 0) is 32.2 Å². The van der Waals surface area contributed by atoms with Gasteiger partial charge in [-0.25, -0.2) is 14.3 Å². The molecule has 2 aliphatic heterocycles. The van der Waals surface area contributed by atoms with Crippen LogP contribution in [0.4, 0.5) is 26.3 Å². The molecule has 0 aliphatic carbocycles. The van der Waals surface area contributed by atoms with Gasteiger partial charge in [-0.2, -0.15) is 26.3 Å². The number of aromatic nitrogens is 4. The van der Waals surface area contributed by atoms with Gasteiger partial charge in [0.1, 0.15) is 5.69 Å². The fourth-order valence-electron chi connectivity index (χ4n) is 3.33. The van der Waals surface area contributed by atoms with E-state index in [0.717, 1.165) is 62.7 Å². The van der Waals surface area contributed by atoms with E-state index in [9.17, 15) is 26.3 Å². The summed E-state index contributed by atoms with van der Waals surface area (Å²) in [5, 5.41) is 26.6. The molecule has 3 N–H and O–H groups in total. The Balaban J connectivity index is 0.000000301. The molecule has 0 spiro atoms. The topological polar surface area (TPSA) is 149 Å². The van der Waals surface area contributed by atoms with Crippen LogP contribution < -0.4 is 5.32 Å². The Morgan fingerprint density at radius 1 is 1.05 bits per heavy atom. The van der Waals surface area contributed by atoms with Crippen LogP contribution in [0.1, 0.15) is 18.5 Å². The summed E-state index contributed by atoms with van der Waals surface area (Å²) in [6.45, 7) is 4.78. The third-order valence-corrected chi connectivity index (χ3v) is 5.20. The Hall–Kier alpha value is -3.31. The van der Waals surface area contributed by atoms with Gasteiger partial charge in [-0.15, -0.1) is 5.10 Å². The Labute approximate surface area is 211 Å². The molecule has 17 heteroatoms. The highest BCUT2D eigenvalue weighted by Gasteiger charge is 2.38. The van der Waals surface area contributed by atoms with Crippen LogP contribution in [0.3, 0.4) is 0 Å². The summed E-state index contributed by atoms with van der Waals surface area (Å²) in [5.41, 5.74) is 2.90. The molecule has 4 heterocycles. The van der Waals surface area contributed by atoms with E-state index in [4.69, 9.17) is 29.3 Å². The van der Waals surface area contributed by atoms with Crippen molar-refractivity contribution in [1.29, 1.82) is 0 Å². The lowest BCUT2D eigenvalue weighted by Crippen LogP contribution is -2.39. The number of rotatable bonds is 4. The van der Waals surface area contributed by atoms with Gasteiger partial charge in [0.2, 0.25) is 0 Å². The number of carbonyl (C=O) groups is 2. The predicted molar refractivity (Wildman–Crippen MR) is 116 cm³/mol. The summed E-state index contributed by atoms with van der Waals surface area (Å²) >= 11 is 0. The summed E-state index contributed by atoms with van der Waals surface area (Å²) in [7, 11) is 0. The largest absolute Gasteiger partial charge is 0.490 e. The van der Waals surface area contributed by atoms with Crippen molar-refractivity contribution in [2.75, 3.05) is 26.4 Å². The molecule has 4 rings (SSSR count). The molecule has 1 fully saturated rings. The Bertz CT molecular complexity index is 1000. The van der Waals surface area contributed by atoms with Gasteiger partial charge >= 0.3 is 24.3 Å². The molecule has 38 heavy (non-hydrogen) atoms. The minimum absolute atomic E-state index is 0.401. The van der Waals surface area contributed by atoms with Gasteiger partial charge in [0.05, 0.1) is 18.9 Å². The highest BCUT2D eigenvalue weighted by atomic mass is 19.4. The number of nitrogens with one attached hydrogen (secondary N) is 1. The third kappa shape index (κ3) is 10.2. The maximum atomic E-state index is 10.6. The molecular formula is C21H25F6N5O6. The molecule has 1 unspecified atom stereocenters. The minimum atomic E-state index is -5.08. The zero-order chi connectivity index (χ0) is 28.3. The van der Waals surface area contributed by atoms with E-state index in [1.54, 1.807) is 6.20 Å². The number of aliphatic carboxylic acids is 2. The Morgan fingerprint density at radius 2 is 1.66 bits per heavy atom. The van der Waals surface area contributed by atoms with Gasteiger partial charge in [0.15, 0.2) is 0 Å². The van der Waals surface area contributed by atoms with Gasteiger partial charge in [0, 0.05) is 56.2 Å². The monoisotopic (exact) mass is 557 g/mol. The quantitative estimate of drug-likeness (QED) is 0.479. The molecule has 0 aromatic carbocycles. The lowest BCUT2D eigenvalue weighted by atomic mass is 10.1. The van der Waals surface area contributed by atoms with E-state index >= 15 is 0 Å². The van der Waals surface area contributed by atoms with E-state index in [-0.39, 0.29) is 0 Å². The average Bonchev–Trinajstić information content (AvgIpc) is 3.14. The molecule has 2 aliphatic rings. The highest BCUT2D eigenvalue weighted by molar-refractivity contribution is 5.73. The van der Waals surface area contributed by atoms with Crippen LogP contribution in [-0.4, -0.2) is 86.9 Å². The van der Waals surface area contributed by atoms with Crippen LogP contribution in [0.5, 0.6) is 0 Å². The third-order valence-electron chi connectivity index (χ3n) is 5.20. The predicted octanol–water partition coefficient (Wildman–Crippen LogP) is 2.52. The zero-order valence-electron chi connectivity index (χ0n) is 19.7. The Kier molecular flexibility index (Phi) is 11.4. The molecular weight excluding hydrogens is 532 g/mol. The second-order valence-corrected chi connectivity index (χ2v) is 8.09. The molecule has 0 bridgehead atoms. The number of ether oxygens (including phenoxy) is 2. The first-order valence-corrected chi connectivity index (χ1v) is 11.1. The number of hydrogen-bond acceptors (Lipinski definition) is 8. The number of carboxylic acids is 2. The summed E-state index contributed by atoms with van der Waals surface area (Å²) in [4.78, 5) is 22.0. The summed E-state index contributed by atoms with van der Waals surface area (Å²) < 4.78 is 76.8. The van der Waals surface area contributed by atoms with Crippen molar-refractivity contribution < 1.29 is 55.6 Å². The fourth-order valence-corrected chi connectivity index (χ4v) is 3.33. The highest BCUT2D eigenvalue weighted by Crippen LogP contribution is 2.24. The zero-order valence-corrected chi connectivity index (χ0v) is 19.7. The van der Waals surface area contributed by atoms with E-state index in [1.165, 1.54) is 0 Å². The van der Waals surface area contributed by atoms with Crippen molar-refractivity contribution in [3.8, 4) is 11.3 Å². The van der Waals surface area contributed by atoms with E-state index in [0.29, 0.717) is 18.6 Å². The maximum Gasteiger partial charge on any atom is 0.490 e. The van der Waals surface area contributed by atoms with Gasteiger partial charge in [0.25, 0.3) is 0 Å². The molecule has 0 saturated carbocycles. The summed E-state index contributed by atoms with van der Waals surface area (Å²) in [6, 6.07) is 4.48. The van der Waals surface area contributed by atoms with Gasteiger partial charge in [-0.3, -0.25) is 4.98 Å². The maximum absolute atomic E-state index is 10.6. The standard InChI is InChI=1S/C17H23N5O2.2C2HF3O2/c1-2-14(9-18-5-1)17-16-12-24-11-13(10-22(16)21-20-17)8-19-15-3-6-23-7-4-15;2*3-2(4,5)1(6)7/h1-2,5,9,13,15,19H,3-4,6-8,10-12H2;2*(H,6,7). The van der Waals surface area contributed by atoms with Crippen molar-refractivity contribution in [3.63, 3.8) is 0 Å². The second kappa shape index (κ2) is 14.0. The lowest BCUT2D eigenvalue weighted by Gasteiger charge is -2.25. The summed E-state index contributed by atoms with van der Waals surface area (Å²) in [6.07, 6.45) is -4.40. The second-order valence-electron chi connectivity index (χ2n) is 8.09. The molecule has 2 aromatic heterocycles. The van der Waals surface area contributed by atoms with Crippen LogP contribution in [0.25, 0.3) is 11.3 Å². The number of fused-ring (bicyclic) bond motifs is 1. The van der Waals surface area contributed by atoms with E-state index < -0.39 is 24.3 Å². The number of nitrogens with zero attached hydrogens (tertiary/aromatic N) is 4. The van der Waals surface area contributed by atoms with Crippen molar-refractivity contribution in [2.45, 2.75) is 44.4 Å². The van der Waals surface area contributed by atoms with Gasteiger partial charge in [-0.1, -0.05) is 5.21 Å². The number of pyridine rings is 1. The SMILES string of the molecule is O=C(O)C(F)(F)F.O=C(O)C(F)(F)F.c1cncc(-c2nnn3c2COCC(CNC2CCOCC2)C3)c1. The molecule has 11 nitrogen and oxygen atoms in total. The average molecular weight is 557 g/mol. The number of carboxylic acid groups (broad SMARTS) is 2. The summed E-state index contributed by atoms with van der Waals surface area (Å²) in [5.74, 6) is -5.11. The molecule has 0 amide bonds. The first-order chi connectivity index (χ1) is 17.8. The van der Waals surface area contributed by atoms with E-state index in [2.05, 4.69) is 20.6 Å². The van der Waals surface area contributed by atoms with Crippen molar-refractivity contribution >= 4 is 11.9 Å². The number of hydrogen-bond donors (Lipinski definition) is 3. The van der Waals surface area contributed by atoms with Gasteiger partial charge in [-0.05, 0) is 25.0 Å². The van der Waals surface area contributed by atoms with Crippen LogP contribution >= 0.6 is 0 Å². The van der Waals surface area contributed by atoms with Gasteiger partial charge < -0.3 is 25.0 Å². The first kappa shape index (κ1) is 30.9. The molecule has 0 radical (unpaired) electrons. The fraction of sp³-hybridized carbons (Fsp3) is 0.571. The molecule has 1 atom stereocenters. The molecule has 212 valence electrons. The van der Waals surface area contributed by atoms with E-state index in [1.807, 2.05) is 23.0 Å². The van der Waals surface area contributed by atoms with Crippen LogP contribution in [0, 0.1) is 5.92 Å².